The fraction of sp³-hybridized carbons (Fsp3) is 0. The van der Waals surface area contributed by atoms with Gasteiger partial charge in [0.15, 0.2) is 5.82 Å². The first-order valence-corrected chi connectivity index (χ1v) is 15.4. The molecule has 46 heavy (non-hydrogen) atoms. The second kappa shape index (κ2) is 12.1. The Bertz CT molecular complexity index is 2220. The molecule has 0 aliphatic rings. The van der Waals surface area contributed by atoms with Gasteiger partial charge in [-0.1, -0.05) is 127 Å². The van der Waals surface area contributed by atoms with Crippen molar-refractivity contribution >= 4 is 10.8 Å². The number of benzene rings is 6. The summed E-state index contributed by atoms with van der Waals surface area (Å²) in [5.41, 5.74) is 11.6. The van der Waals surface area contributed by atoms with E-state index in [1.54, 1.807) is 6.20 Å². The molecule has 0 amide bonds. The summed E-state index contributed by atoms with van der Waals surface area (Å²) in [5.74, 6) is 0.691. The van der Waals surface area contributed by atoms with E-state index in [0.717, 1.165) is 61.5 Å². The van der Waals surface area contributed by atoms with Crippen LogP contribution >= 0.6 is 0 Å². The molecule has 0 atom stereocenters. The number of fused-ring (bicyclic) bond motifs is 1. The normalized spacial score (nSPS) is 11.0. The maximum absolute atomic E-state index is 5.15. The molecule has 2 heterocycles. The summed E-state index contributed by atoms with van der Waals surface area (Å²) >= 11 is 0. The third-order valence-corrected chi connectivity index (χ3v) is 8.35. The molecule has 2 aromatic heterocycles. The van der Waals surface area contributed by atoms with Gasteiger partial charge in [-0.05, 0) is 80.6 Å². The van der Waals surface area contributed by atoms with E-state index in [2.05, 4.69) is 126 Å². The molecule has 3 nitrogen and oxygen atoms in total. The molecule has 0 unspecified atom stereocenters. The minimum atomic E-state index is 0.691. The zero-order valence-corrected chi connectivity index (χ0v) is 25.1. The third-order valence-electron chi connectivity index (χ3n) is 8.35. The van der Waals surface area contributed by atoms with Gasteiger partial charge < -0.3 is 0 Å². The lowest BCUT2D eigenvalue weighted by atomic mass is 9.93. The summed E-state index contributed by atoms with van der Waals surface area (Å²) in [6.07, 6.45) is 3.70. The van der Waals surface area contributed by atoms with Crippen molar-refractivity contribution in [3.63, 3.8) is 0 Å². The molecular formula is C43H29N3. The molecule has 0 bridgehead atoms. The van der Waals surface area contributed by atoms with Crippen molar-refractivity contribution in [3.8, 4) is 67.3 Å². The Balaban J connectivity index is 1.31. The van der Waals surface area contributed by atoms with E-state index in [9.17, 15) is 0 Å². The molecule has 0 spiro atoms. The first kappa shape index (κ1) is 27.4. The molecule has 0 N–H and O–H groups in total. The monoisotopic (exact) mass is 587 g/mol. The zero-order chi connectivity index (χ0) is 30.7. The minimum Gasteiger partial charge on any atom is -0.264 e. The number of hydrogen-bond acceptors (Lipinski definition) is 3. The lowest BCUT2D eigenvalue weighted by Gasteiger charge is -2.14. The van der Waals surface area contributed by atoms with E-state index in [1.807, 2.05) is 48.7 Å². The maximum atomic E-state index is 5.15. The molecule has 3 heteroatoms. The van der Waals surface area contributed by atoms with Gasteiger partial charge in [0, 0.05) is 29.1 Å². The summed E-state index contributed by atoms with van der Waals surface area (Å²) in [4.78, 5) is 14.6. The Hall–Kier alpha value is -6.19. The van der Waals surface area contributed by atoms with Gasteiger partial charge in [-0.3, -0.25) is 4.98 Å². The van der Waals surface area contributed by atoms with E-state index in [-0.39, 0.29) is 0 Å². The van der Waals surface area contributed by atoms with Crippen LogP contribution in [0.2, 0.25) is 0 Å². The summed E-state index contributed by atoms with van der Waals surface area (Å²) in [6, 6.07) is 57.3. The summed E-state index contributed by atoms with van der Waals surface area (Å²) < 4.78 is 0. The Labute approximate surface area is 268 Å². The molecule has 0 fully saturated rings. The van der Waals surface area contributed by atoms with E-state index in [0.29, 0.717) is 5.82 Å². The highest BCUT2D eigenvalue weighted by molar-refractivity contribution is 5.89. The predicted octanol–water partition coefficient (Wildman–Crippen LogP) is 11.0. The highest BCUT2D eigenvalue weighted by Crippen LogP contribution is 2.35. The van der Waals surface area contributed by atoms with Crippen molar-refractivity contribution in [2.24, 2.45) is 0 Å². The van der Waals surface area contributed by atoms with Crippen LogP contribution in [-0.2, 0) is 0 Å². The average Bonchev–Trinajstić information content (AvgIpc) is 3.15. The van der Waals surface area contributed by atoms with Gasteiger partial charge in [-0.15, -0.1) is 0 Å². The van der Waals surface area contributed by atoms with E-state index >= 15 is 0 Å². The third kappa shape index (κ3) is 5.58. The number of hydrogen-bond donors (Lipinski definition) is 0. The predicted molar refractivity (Wildman–Crippen MR) is 190 cm³/mol. The quantitative estimate of drug-likeness (QED) is 0.194. The fourth-order valence-corrected chi connectivity index (χ4v) is 5.94. The van der Waals surface area contributed by atoms with Gasteiger partial charge in [0.05, 0.1) is 11.4 Å². The summed E-state index contributed by atoms with van der Waals surface area (Å²) in [5, 5.41) is 2.43. The number of rotatable bonds is 6. The second-order valence-electron chi connectivity index (χ2n) is 11.4. The molecule has 0 aliphatic heterocycles. The number of nitrogens with zero attached hydrogens (tertiary/aromatic N) is 3. The molecule has 0 saturated carbocycles. The van der Waals surface area contributed by atoms with Crippen molar-refractivity contribution in [3.05, 3.63) is 176 Å². The molecule has 6 aromatic carbocycles. The van der Waals surface area contributed by atoms with Crippen LogP contribution in [0.25, 0.3) is 78.1 Å². The van der Waals surface area contributed by atoms with Crippen LogP contribution in [0, 0.1) is 0 Å². The van der Waals surface area contributed by atoms with Gasteiger partial charge in [-0.25, -0.2) is 9.97 Å². The number of pyridine rings is 1. The van der Waals surface area contributed by atoms with Gasteiger partial charge in [0.1, 0.15) is 0 Å². The van der Waals surface area contributed by atoms with Crippen LogP contribution in [0.4, 0.5) is 0 Å². The van der Waals surface area contributed by atoms with E-state index < -0.39 is 0 Å². The van der Waals surface area contributed by atoms with E-state index in [1.165, 1.54) is 10.8 Å². The van der Waals surface area contributed by atoms with Crippen molar-refractivity contribution in [1.29, 1.82) is 0 Å². The highest BCUT2D eigenvalue weighted by atomic mass is 14.9. The summed E-state index contributed by atoms with van der Waals surface area (Å²) in [6.45, 7) is 0. The Morgan fingerprint density at radius 3 is 1.46 bits per heavy atom. The van der Waals surface area contributed by atoms with Gasteiger partial charge in [0.25, 0.3) is 0 Å². The standard InChI is InChI=1S/C43H29N3/c1-3-11-33(12-4-1)41-28-42(34-13-5-2-6-14-34)46-43(45-41)40-26-38(32-19-17-31(18-20-32)37-16-9-23-44-29-37)25-39(27-40)36-22-21-30-10-7-8-15-35(30)24-36/h1-29H. The minimum absolute atomic E-state index is 0.691. The zero-order valence-electron chi connectivity index (χ0n) is 25.1. The van der Waals surface area contributed by atoms with Crippen LogP contribution < -0.4 is 0 Å². The SMILES string of the molecule is c1ccc(-c2cc(-c3ccccc3)nc(-c3cc(-c4ccc(-c5cccnc5)cc4)cc(-c4ccc5ccccc5c4)c3)n2)cc1. The van der Waals surface area contributed by atoms with Gasteiger partial charge in [0.2, 0.25) is 0 Å². The lowest BCUT2D eigenvalue weighted by molar-refractivity contribution is 1.18. The molecule has 216 valence electrons. The Kier molecular flexibility index (Phi) is 7.18. The topological polar surface area (TPSA) is 38.7 Å². The molecule has 0 radical (unpaired) electrons. The largest absolute Gasteiger partial charge is 0.264 e. The average molecular weight is 588 g/mol. The van der Waals surface area contributed by atoms with Crippen molar-refractivity contribution < 1.29 is 0 Å². The van der Waals surface area contributed by atoms with Gasteiger partial charge in [-0.2, -0.15) is 0 Å². The first-order chi connectivity index (χ1) is 22.8. The van der Waals surface area contributed by atoms with Crippen LogP contribution in [0.15, 0.2) is 176 Å². The summed E-state index contributed by atoms with van der Waals surface area (Å²) in [7, 11) is 0. The lowest BCUT2D eigenvalue weighted by Crippen LogP contribution is -1.97. The van der Waals surface area contributed by atoms with Crippen LogP contribution in [0.1, 0.15) is 0 Å². The van der Waals surface area contributed by atoms with Gasteiger partial charge >= 0.3 is 0 Å². The van der Waals surface area contributed by atoms with Crippen molar-refractivity contribution in [1.82, 2.24) is 15.0 Å². The van der Waals surface area contributed by atoms with Crippen LogP contribution in [0.3, 0.4) is 0 Å². The molecule has 8 rings (SSSR count). The number of aromatic nitrogens is 3. The molecular weight excluding hydrogens is 558 g/mol. The second-order valence-corrected chi connectivity index (χ2v) is 11.4. The van der Waals surface area contributed by atoms with Crippen molar-refractivity contribution in [2.75, 3.05) is 0 Å². The van der Waals surface area contributed by atoms with Crippen molar-refractivity contribution in [2.45, 2.75) is 0 Å². The molecule has 8 aromatic rings. The Morgan fingerprint density at radius 2 is 0.826 bits per heavy atom. The van der Waals surface area contributed by atoms with E-state index in [4.69, 9.17) is 9.97 Å². The highest BCUT2D eigenvalue weighted by Gasteiger charge is 2.14. The maximum Gasteiger partial charge on any atom is 0.160 e. The fourth-order valence-electron chi connectivity index (χ4n) is 5.94. The Morgan fingerprint density at radius 1 is 0.304 bits per heavy atom. The smallest absolute Gasteiger partial charge is 0.160 e. The van der Waals surface area contributed by atoms with Crippen LogP contribution in [0.5, 0.6) is 0 Å². The molecule has 0 saturated heterocycles. The first-order valence-electron chi connectivity index (χ1n) is 15.4. The van der Waals surface area contributed by atoms with Crippen LogP contribution in [-0.4, -0.2) is 15.0 Å². The molecule has 0 aliphatic carbocycles.